The van der Waals surface area contributed by atoms with Crippen LogP contribution in [0.25, 0.3) is 0 Å². The van der Waals surface area contributed by atoms with Crippen molar-refractivity contribution in [3.63, 3.8) is 0 Å². The van der Waals surface area contributed by atoms with Crippen molar-refractivity contribution in [2.24, 2.45) is 29.1 Å². The van der Waals surface area contributed by atoms with Crippen molar-refractivity contribution >= 4 is 21.7 Å². The fourth-order valence-electron chi connectivity index (χ4n) is 6.55. The molecule has 4 aliphatic carbocycles. The van der Waals surface area contributed by atoms with Crippen molar-refractivity contribution in [2.45, 2.75) is 57.5 Å². The number of hydrogen-bond acceptors (Lipinski definition) is 2. The lowest BCUT2D eigenvalue weighted by atomic mass is 9.49. The van der Waals surface area contributed by atoms with Gasteiger partial charge in [0, 0.05) is 11.8 Å². The van der Waals surface area contributed by atoms with E-state index in [4.69, 9.17) is 0 Å². The van der Waals surface area contributed by atoms with E-state index in [-0.39, 0.29) is 5.41 Å². The number of ketones is 1. The van der Waals surface area contributed by atoms with E-state index in [0.717, 1.165) is 32.1 Å². The molecule has 0 aliphatic heterocycles. The highest BCUT2D eigenvalue weighted by Crippen LogP contribution is 2.64. The Hall–Kier alpha value is -0.670. The lowest BCUT2D eigenvalue weighted by Crippen LogP contribution is -2.53. The van der Waals surface area contributed by atoms with Crippen LogP contribution >= 0.6 is 15.9 Å². The Balaban J connectivity index is 1.68. The molecule has 0 saturated heterocycles. The van der Waals surface area contributed by atoms with Gasteiger partial charge in [-0.2, -0.15) is 0 Å². The third-order valence-electron chi connectivity index (χ3n) is 7.68. The summed E-state index contributed by atoms with van der Waals surface area (Å²) in [6.07, 6.45) is 15.6. The van der Waals surface area contributed by atoms with Crippen LogP contribution in [-0.2, 0) is 4.79 Å². The molecule has 0 aromatic heterocycles. The Morgan fingerprint density at radius 1 is 1.29 bits per heavy atom. The van der Waals surface area contributed by atoms with Crippen LogP contribution in [0.1, 0.15) is 51.9 Å². The number of allylic oxidation sites excluding steroid dienone is 3. The summed E-state index contributed by atoms with van der Waals surface area (Å²) in [6.45, 7) is 2.24. The first-order valence-corrected chi connectivity index (χ1v) is 10.4. The summed E-state index contributed by atoms with van der Waals surface area (Å²) in [5.41, 5.74) is 0.554. The normalized spacial score (nSPS) is 47.3. The second-order valence-electron chi connectivity index (χ2n) is 8.25. The summed E-state index contributed by atoms with van der Waals surface area (Å²) in [5.74, 6) is 2.76. The molecule has 0 aromatic rings. The number of halogens is 1. The van der Waals surface area contributed by atoms with Gasteiger partial charge in [0.1, 0.15) is 5.60 Å². The van der Waals surface area contributed by atoms with Crippen LogP contribution in [0.3, 0.4) is 0 Å². The van der Waals surface area contributed by atoms with E-state index in [9.17, 15) is 9.90 Å². The molecule has 0 radical (unpaired) electrons. The van der Waals surface area contributed by atoms with Gasteiger partial charge in [0.25, 0.3) is 0 Å². The van der Waals surface area contributed by atoms with Gasteiger partial charge in [0.05, 0.1) is 0 Å². The average Bonchev–Trinajstić information content (AvgIpc) is 2.88. The van der Waals surface area contributed by atoms with Gasteiger partial charge in [-0.05, 0) is 79.3 Å². The molecule has 0 aromatic carbocycles. The SMILES string of the molecule is CC[C@]12CC[C@H]3[C@@H](CCC4=CC(=O)CC[C@@H]43)[C@@H]1C=C[C@@]2(O)/C=C/Br. The lowest BCUT2D eigenvalue weighted by Gasteiger charge is -2.56. The zero-order valence-electron chi connectivity index (χ0n) is 14.4. The Kier molecular flexibility index (Phi) is 4.16. The van der Waals surface area contributed by atoms with E-state index in [1.807, 2.05) is 17.1 Å². The summed E-state index contributed by atoms with van der Waals surface area (Å²) in [5, 5.41) is 11.3. The van der Waals surface area contributed by atoms with Crippen molar-refractivity contribution in [3.8, 4) is 0 Å². The van der Waals surface area contributed by atoms with Crippen molar-refractivity contribution in [2.75, 3.05) is 0 Å². The van der Waals surface area contributed by atoms with Crippen molar-refractivity contribution in [1.29, 1.82) is 0 Å². The third-order valence-corrected chi connectivity index (χ3v) is 7.95. The van der Waals surface area contributed by atoms with E-state index in [1.165, 1.54) is 18.4 Å². The summed E-state index contributed by atoms with van der Waals surface area (Å²) < 4.78 is 0. The molecule has 2 saturated carbocycles. The molecule has 24 heavy (non-hydrogen) atoms. The average molecular weight is 391 g/mol. The molecule has 0 unspecified atom stereocenters. The largest absolute Gasteiger partial charge is 0.381 e. The van der Waals surface area contributed by atoms with Gasteiger partial charge >= 0.3 is 0 Å². The van der Waals surface area contributed by atoms with Crippen molar-refractivity contribution in [1.82, 2.24) is 0 Å². The molecule has 0 spiro atoms. The number of carbonyl (C=O) groups is 1. The van der Waals surface area contributed by atoms with Crippen LogP contribution in [0.5, 0.6) is 0 Å². The minimum Gasteiger partial charge on any atom is -0.381 e. The number of rotatable bonds is 2. The van der Waals surface area contributed by atoms with Crippen LogP contribution in [0, 0.1) is 29.1 Å². The molecule has 1 N–H and O–H groups in total. The molecule has 130 valence electrons. The first-order chi connectivity index (χ1) is 11.5. The molecular formula is C21H27BrO2. The molecule has 0 amide bonds. The van der Waals surface area contributed by atoms with Gasteiger partial charge in [0.2, 0.25) is 0 Å². The minimum absolute atomic E-state index is 0.0514. The first-order valence-electron chi connectivity index (χ1n) is 9.47. The molecule has 6 atom stereocenters. The highest BCUT2D eigenvalue weighted by Gasteiger charge is 2.60. The van der Waals surface area contributed by atoms with Crippen LogP contribution < -0.4 is 0 Å². The van der Waals surface area contributed by atoms with E-state index in [2.05, 4.69) is 35.0 Å². The molecule has 4 rings (SSSR count). The highest BCUT2D eigenvalue weighted by molar-refractivity contribution is 9.11. The molecular weight excluding hydrogens is 364 g/mol. The van der Waals surface area contributed by atoms with E-state index < -0.39 is 5.60 Å². The van der Waals surface area contributed by atoms with Gasteiger partial charge in [-0.1, -0.05) is 40.6 Å². The Morgan fingerprint density at radius 3 is 2.88 bits per heavy atom. The first kappa shape index (κ1) is 16.8. The fraction of sp³-hybridized carbons (Fsp3) is 0.667. The highest BCUT2D eigenvalue weighted by atomic mass is 79.9. The monoisotopic (exact) mass is 390 g/mol. The molecule has 4 aliphatic rings. The summed E-state index contributed by atoms with van der Waals surface area (Å²) in [6, 6.07) is 0. The second kappa shape index (κ2) is 5.95. The topological polar surface area (TPSA) is 37.3 Å². The Bertz CT molecular complexity index is 634. The second-order valence-corrected chi connectivity index (χ2v) is 8.78. The zero-order valence-corrected chi connectivity index (χ0v) is 16.0. The standard InChI is InChI=1S/C21H27BrO2/c1-2-20-9-7-17-16-6-4-15(23)13-14(16)3-5-18(17)19(20)8-10-21(20,24)11-12-22/h8,10-13,16-19,24H,2-7,9H2,1H3/b12-11+/t16-,17+,18+,19-,20-,21+/m0/s1. The molecule has 0 bridgehead atoms. The third kappa shape index (κ3) is 2.20. The minimum atomic E-state index is -0.820. The summed E-state index contributed by atoms with van der Waals surface area (Å²) in [7, 11) is 0. The van der Waals surface area contributed by atoms with Gasteiger partial charge < -0.3 is 5.11 Å². The molecule has 3 heteroatoms. The van der Waals surface area contributed by atoms with Gasteiger partial charge in [-0.25, -0.2) is 0 Å². The maximum atomic E-state index is 11.8. The maximum Gasteiger partial charge on any atom is 0.155 e. The molecule has 2 nitrogen and oxygen atoms in total. The molecule has 0 heterocycles. The maximum absolute atomic E-state index is 11.8. The predicted molar refractivity (Wildman–Crippen MR) is 99.6 cm³/mol. The lowest BCUT2D eigenvalue weighted by molar-refractivity contribution is -0.116. The van der Waals surface area contributed by atoms with E-state index in [0.29, 0.717) is 29.5 Å². The Morgan fingerprint density at radius 2 is 2.12 bits per heavy atom. The zero-order chi connectivity index (χ0) is 16.9. The van der Waals surface area contributed by atoms with Gasteiger partial charge in [-0.3, -0.25) is 4.79 Å². The van der Waals surface area contributed by atoms with Crippen molar-refractivity contribution < 1.29 is 9.90 Å². The fourth-order valence-corrected chi connectivity index (χ4v) is 6.95. The number of fused-ring (bicyclic) bond motifs is 5. The van der Waals surface area contributed by atoms with Gasteiger partial charge in [-0.15, -0.1) is 0 Å². The van der Waals surface area contributed by atoms with E-state index >= 15 is 0 Å². The number of carbonyl (C=O) groups excluding carboxylic acids is 1. The molecule has 2 fully saturated rings. The van der Waals surface area contributed by atoms with Crippen LogP contribution in [0.15, 0.2) is 34.9 Å². The predicted octanol–water partition coefficient (Wildman–Crippen LogP) is 4.93. The van der Waals surface area contributed by atoms with Crippen molar-refractivity contribution in [3.05, 3.63) is 34.9 Å². The number of hydrogen-bond donors (Lipinski definition) is 1. The van der Waals surface area contributed by atoms with E-state index in [1.54, 1.807) is 0 Å². The number of aliphatic hydroxyl groups is 1. The van der Waals surface area contributed by atoms with Crippen LogP contribution in [0.2, 0.25) is 0 Å². The Labute approximate surface area is 153 Å². The smallest absolute Gasteiger partial charge is 0.155 e. The van der Waals surface area contributed by atoms with Gasteiger partial charge in [0.15, 0.2) is 5.78 Å². The quantitative estimate of drug-likeness (QED) is 0.678. The summed E-state index contributed by atoms with van der Waals surface area (Å²) >= 11 is 3.37. The summed E-state index contributed by atoms with van der Waals surface area (Å²) in [4.78, 5) is 13.6. The van der Waals surface area contributed by atoms with Crippen LogP contribution in [0.4, 0.5) is 0 Å². The van der Waals surface area contributed by atoms with Crippen LogP contribution in [-0.4, -0.2) is 16.5 Å².